The monoisotopic (exact) mass is 298 g/mol. The van der Waals surface area contributed by atoms with Crippen LogP contribution in [0.4, 0.5) is 0 Å². The molecule has 22 heavy (non-hydrogen) atoms. The van der Waals surface area contributed by atoms with Gasteiger partial charge in [-0.1, -0.05) is 62.2 Å². The van der Waals surface area contributed by atoms with Gasteiger partial charge in [-0.2, -0.15) is 0 Å². The highest BCUT2D eigenvalue weighted by Crippen LogP contribution is 2.20. The molecule has 1 unspecified atom stereocenters. The first kappa shape index (κ1) is 16.6. The van der Waals surface area contributed by atoms with Crippen LogP contribution in [0.1, 0.15) is 37.3 Å². The third-order valence-electron chi connectivity index (χ3n) is 3.90. The second-order valence-corrected chi connectivity index (χ2v) is 5.82. The Kier molecular flexibility index (Phi) is 6.98. The number of hydrogen-bond donors (Lipinski definition) is 1. The van der Waals surface area contributed by atoms with Crippen LogP contribution in [-0.2, 0) is 13.0 Å². The van der Waals surface area contributed by atoms with Crippen molar-refractivity contribution in [1.29, 1.82) is 0 Å². The molecule has 0 amide bonds. The summed E-state index contributed by atoms with van der Waals surface area (Å²) in [6.07, 6.45) is 4.35. The van der Waals surface area contributed by atoms with Crippen LogP contribution in [0.25, 0.3) is 0 Å². The van der Waals surface area contributed by atoms with E-state index >= 15 is 0 Å². The van der Waals surface area contributed by atoms with Crippen LogP contribution < -0.4 is 4.74 Å². The summed E-state index contributed by atoms with van der Waals surface area (Å²) >= 11 is 0. The minimum Gasteiger partial charge on any atom is -0.489 e. The van der Waals surface area contributed by atoms with Crippen molar-refractivity contribution in [2.45, 2.75) is 39.2 Å². The van der Waals surface area contributed by atoms with Gasteiger partial charge in [0.15, 0.2) is 0 Å². The number of benzene rings is 2. The summed E-state index contributed by atoms with van der Waals surface area (Å²) in [5, 5.41) is 9.50. The number of unbranched alkanes of at least 4 members (excludes halogenated alkanes) is 1. The van der Waals surface area contributed by atoms with Gasteiger partial charge in [0, 0.05) is 6.61 Å². The normalized spacial score (nSPS) is 12.1. The molecule has 118 valence electrons. The molecule has 0 saturated heterocycles. The van der Waals surface area contributed by atoms with Gasteiger partial charge in [0.1, 0.15) is 12.4 Å². The maximum Gasteiger partial charge on any atom is 0.120 e. The molecular formula is C20H26O2. The van der Waals surface area contributed by atoms with Crippen molar-refractivity contribution in [2.75, 3.05) is 6.61 Å². The summed E-state index contributed by atoms with van der Waals surface area (Å²) in [5.41, 5.74) is 2.41. The SMILES string of the molecule is CCCCC(CO)Cc1cccc(OCc2ccccc2)c1. The van der Waals surface area contributed by atoms with Gasteiger partial charge in [-0.15, -0.1) is 0 Å². The Morgan fingerprint density at radius 3 is 2.50 bits per heavy atom. The Morgan fingerprint density at radius 1 is 1.00 bits per heavy atom. The lowest BCUT2D eigenvalue weighted by Gasteiger charge is -2.14. The average molecular weight is 298 g/mol. The predicted octanol–water partition coefficient (Wildman–Crippen LogP) is 4.61. The Morgan fingerprint density at radius 2 is 1.77 bits per heavy atom. The average Bonchev–Trinajstić information content (AvgIpc) is 2.58. The van der Waals surface area contributed by atoms with Crippen LogP contribution in [0.3, 0.4) is 0 Å². The number of rotatable bonds is 9. The maximum absolute atomic E-state index is 9.50. The molecule has 2 rings (SSSR count). The van der Waals surface area contributed by atoms with Crippen LogP contribution >= 0.6 is 0 Å². The summed E-state index contributed by atoms with van der Waals surface area (Å²) in [6.45, 7) is 3.03. The van der Waals surface area contributed by atoms with Crippen molar-refractivity contribution in [1.82, 2.24) is 0 Å². The van der Waals surface area contributed by atoms with Crippen LogP contribution in [0, 0.1) is 5.92 Å². The molecule has 2 aromatic rings. The summed E-state index contributed by atoms with van der Waals surface area (Å²) in [7, 11) is 0. The van der Waals surface area contributed by atoms with E-state index in [0.717, 1.165) is 18.6 Å². The lowest BCUT2D eigenvalue weighted by atomic mass is 9.95. The highest BCUT2D eigenvalue weighted by atomic mass is 16.5. The fraction of sp³-hybridized carbons (Fsp3) is 0.400. The molecular weight excluding hydrogens is 272 g/mol. The molecule has 2 heteroatoms. The minimum absolute atomic E-state index is 0.259. The van der Waals surface area contributed by atoms with Crippen LogP contribution in [0.2, 0.25) is 0 Å². The lowest BCUT2D eigenvalue weighted by Crippen LogP contribution is -2.09. The van der Waals surface area contributed by atoms with E-state index in [-0.39, 0.29) is 6.61 Å². The standard InChI is InChI=1S/C20H26O2/c1-2-3-8-19(15-21)13-18-11-7-12-20(14-18)22-16-17-9-5-4-6-10-17/h4-7,9-12,14,19,21H,2-3,8,13,15-16H2,1H3. The van der Waals surface area contributed by atoms with Gasteiger partial charge in [-0.05, 0) is 42.0 Å². The Bertz CT molecular complexity index is 536. The van der Waals surface area contributed by atoms with Crippen LogP contribution in [0.15, 0.2) is 54.6 Å². The molecule has 0 radical (unpaired) electrons. The van der Waals surface area contributed by atoms with E-state index < -0.39 is 0 Å². The minimum atomic E-state index is 0.259. The quantitative estimate of drug-likeness (QED) is 0.732. The van der Waals surface area contributed by atoms with Crippen molar-refractivity contribution >= 4 is 0 Å². The summed E-state index contributed by atoms with van der Waals surface area (Å²) in [6, 6.07) is 18.4. The highest BCUT2D eigenvalue weighted by molar-refractivity contribution is 5.29. The van der Waals surface area contributed by atoms with Gasteiger partial charge >= 0.3 is 0 Å². The maximum atomic E-state index is 9.50. The van der Waals surface area contributed by atoms with Gasteiger partial charge in [-0.3, -0.25) is 0 Å². The first-order valence-electron chi connectivity index (χ1n) is 8.18. The predicted molar refractivity (Wildman–Crippen MR) is 91.0 cm³/mol. The third kappa shape index (κ3) is 5.53. The van der Waals surface area contributed by atoms with E-state index in [1.54, 1.807) is 0 Å². The Hall–Kier alpha value is -1.80. The smallest absolute Gasteiger partial charge is 0.120 e. The second-order valence-electron chi connectivity index (χ2n) is 5.82. The van der Waals surface area contributed by atoms with Gasteiger partial charge in [-0.25, -0.2) is 0 Å². The zero-order chi connectivity index (χ0) is 15.6. The fourth-order valence-corrected chi connectivity index (χ4v) is 2.59. The Balaban J connectivity index is 1.91. The van der Waals surface area contributed by atoms with E-state index in [1.807, 2.05) is 30.3 Å². The number of aliphatic hydroxyl groups excluding tert-OH is 1. The molecule has 0 aliphatic heterocycles. The van der Waals surface area contributed by atoms with E-state index in [2.05, 4.69) is 31.2 Å². The summed E-state index contributed by atoms with van der Waals surface area (Å²) < 4.78 is 5.87. The van der Waals surface area contributed by atoms with Crippen molar-refractivity contribution < 1.29 is 9.84 Å². The van der Waals surface area contributed by atoms with Gasteiger partial charge in [0.25, 0.3) is 0 Å². The number of ether oxygens (including phenoxy) is 1. The molecule has 0 aliphatic carbocycles. The topological polar surface area (TPSA) is 29.5 Å². The number of hydrogen-bond acceptors (Lipinski definition) is 2. The van der Waals surface area contributed by atoms with Crippen LogP contribution in [-0.4, -0.2) is 11.7 Å². The zero-order valence-electron chi connectivity index (χ0n) is 13.4. The Labute approximate surface area is 133 Å². The molecule has 2 nitrogen and oxygen atoms in total. The third-order valence-corrected chi connectivity index (χ3v) is 3.90. The molecule has 1 N–H and O–H groups in total. The highest BCUT2D eigenvalue weighted by Gasteiger charge is 2.08. The number of aliphatic hydroxyl groups is 1. The van der Waals surface area contributed by atoms with Crippen molar-refractivity contribution in [3.63, 3.8) is 0 Å². The largest absolute Gasteiger partial charge is 0.489 e. The molecule has 1 atom stereocenters. The summed E-state index contributed by atoms with van der Waals surface area (Å²) in [4.78, 5) is 0. The molecule has 2 aromatic carbocycles. The van der Waals surface area contributed by atoms with Crippen molar-refractivity contribution in [3.8, 4) is 5.75 Å². The van der Waals surface area contributed by atoms with Crippen molar-refractivity contribution in [2.24, 2.45) is 5.92 Å². The first-order chi connectivity index (χ1) is 10.8. The zero-order valence-corrected chi connectivity index (χ0v) is 13.4. The molecule has 0 aliphatic rings. The van der Waals surface area contributed by atoms with E-state index in [9.17, 15) is 5.11 Å². The first-order valence-corrected chi connectivity index (χ1v) is 8.18. The summed E-state index contributed by atoms with van der Waals surface area (Å²) in [5.74, 6) is 1.25. The molecule has 0 spiro atoms. The molecule has 0 fully saturated rings. The van der Waals surface area contributed by atoms with E-state index in [4.69, 9.17) is 4.74 Å². The van der Waals surface area contributed by atoms with Gasteiger partial charge in [0.2, 0.25) is 0 Å². The fourth-order valence-electron chi connectivity index (χ4n) is 2.59. The van der Waals surface area contributed by atoms with E-state index in [1.165, 1.54) is 24.0 Å². The molecule has 0 aromatic heterocycles. The van der Waals surface area contributed by atoms with E-state index in [0.29, 0.717) is 12.5 Å². The van der Waals surface area contributed by atoms with Crippen molar-refractivity contribution in [3.05, 3.63) is 65.7 Å². The molecule has 0 bridgehead atoms. The molecule has 0 heterocycles. The van der Waals surface area contributed by atoms with Crippen LogP contribution in [0.5, 0.6) is 5.75 Å². The second kappa shape index (κ2) is 9.26. The lowest BCUT2D eigenvalue weighted by molar-refractivity contribution is 0.215. The van der Waals surface area contributed by atoms with Gasteiger partial charge in [0.05, 0.1) is 0 Å². The van der Waals surface area contributed by atoms with Gasteiger partial charge < -0.3 is 9.84 Å². The molecule has 0 saturated carbocycles.